The molecule has 3 aromatic carbocycles. The predicted molar refractivity (Wildman–Crippen MR) is 121 cm³/mol. The van der Waals surface area contributed by atoms with Gasteiger partial charge in [0.25, 0.3) is 5.56 Å². The van der Waals surface area contributed by atoms with Crippen LogP contribution in [-0.2, 0) is 4.79 Å². The lowest BCUT2D eigenvalue weighted by Gasteiger charge is -2.27. The van der Waals surface area contributed by atoms with E-state index in [0.29, 0.717) is 33.7 Å². The number of para-hydroxylation sites is 2. The largest absolute Gasteiger partial charge is 0.493 e. The number of fused-ring (bicyclic) bond motifs is 3. The van der Waals surface area contributed by atoms with Gasteiger partial charge in [-0.1, -0.05) is 36.4 Å². The SMILES string of the molecule is COc1ccc(C2CC(=O)Oc3c2c(=O)n(-c2ccccc2)c2ccccc32)cc1OC. The maximum absolute atomic E-state index is 13.9. The van der Waals surface area contributed by atoms with Crippen LogP contribution in [0.15, 0.2) is 77.6 Å². The van der Waals surface area contributed by atoms with Crippen LogP contribution in [0.2, 0.25) is 0 Å². The molecule has 5 rings (SSSR count). The van der Waals surface area contributed by atoms with E-state index in [4.69, 9.17) is 14.2 Å². The van der Waals surface area contributed by atoms with Gasteiger partial charge in [-0.2, -0.15) is 0 Å². The minimum absolute atomic E-state index is 0.0604. The van der Waals surface area contributed by atoms with Gasteiger partial charge in [-0.3, -0.25) is 14.2 Å². The van der Waals surface area contributed by atoms with Crippen LogP contribution >= 0.6 is 0 Å². The fourth-order valence-electron chi connectivity index (χ4n) is 4.36. The van der Waals surface area contributed by atoms with E-state index in [2.05, 4.69) is 0 Å². The van der Waals surface area contributed by atoms with Crippen molar-refractivity contribution in [2.75, 3.05) is 14.2 Å². The van der Waals surface area contributed by atoms with Gasteiger partial charge in [-0.25, -0.2) is 0 Å². The summed E-state index contributed by atoms with van der Waals surface area (Å²) >= 11 is 0. The lowest BCUT2D eigenvalue weighted by molar-refractivity contribution is -0.135. The maximum atomic E-state index is 13.9. The molecule has 1 aromatic heterocycles. The average Bonchev–Trinajstić information content (AvgIpc) is 2.84. The molecule has 4 aromatic rings. The van der Waals surface area contributed by atoms with Crippen molar-refractivity contribution in [1.29, 1.82) is 0 Å². The van der Waals surface area contributed by atoms with E-state index in [0.717, 1.165) is 11.3 Å². The molecule has 160 valence electrons. The Kier molecular flexibility index (Phi) is 4.90. The van der Waals surface area contributed by atoms with Gasteiger partial charge < -0.3 is 14.2 Å². The summed E-state index contributed by atoms with van der Waals surface area (Å²) in [6, 6.07) is 22.4. The van der Waals surface area contributed by atoms with E-state index in [1.165, 1.54) is 0 Å². The van der Waals surface area contributed by atoms with Crippen molar-refractivity contribution in [2.45, 2.75) is 12.3 Å². The van der Waals surface area contributed by atoms with E-state index in [1.54, 1.807) is 24.9 Å². The fraction of sp³-hybridized carbons (Fsp3) is 0.154. The predicted octanol–water partition coefficient (Wildman–Crippen LogP) is 4.45. The Morgan fingerprint density at radius 1 is 0.875 bits per heavy atom. The van der Waals surface area contributed by atoms with E-state index in [9.17, 15) is 9.59 Å². The van der Waals surface area contributed by atoms with Crippen LogP contribution in [0.3, 0.4) is 0 Å². The summed E-state index contributed by atoms with van der Waals surface area (Å²) in [6.07, 6.45) is 0.0604. The van der Waals surface area contributed by atoms with Gasteiger partial charge in [0.05, 0.1) is 31.7 Å². The van der Waals surface area contributed by atoms with Gasteiger partial charge in [-0.15, -0.1) is 0 Å². The van der Waals surface area contributed by atoms with Crippen LogP contribution in [0.25, 0.3) is 16.6 Å². The highest BCUT2D eigenvalue weighted by molar-refractivity contribution is 5.92. The number of carbonyl (C=O) groups is 1. The molecule has 0 amide bonds. The zero-order valence-electron chi connectivity index (χ0n) is 17.7. The molecule has 0 saturated carbocycles. The molecule has 0 spiro atoms. The molecule has 0 saturated heterocycles. The number of pyridine rings is 1. The minimum atomic E-state index is -0.474. The standard InChI is InChI=1S/C26H21NO5/c1-30-21-13-12-16(14-22(21)31-2)19-15-23(28)32-25-18-10-6-7-11-20(18)27(26(29)24(19)25)17-8-4-3-5-9-17/h3-14,19H,15H2,1-2H3. The second-order valence-corrected chi connectivity index (χ2v) is 7.58. The number of rotatable bonds is 4. The van der Waals surface area contributed by atoms with Crippen molar-refractivity contribution in [3.63, 3.8) is 0 Å². The third-order valence-corrected chi connectivity index (χ3v) is 5.83. The van der Waals surface area contributed by atoms with Crippen LogP contribution in [0.5, 0.6) is 17.2 Å². The molecule has 0 fully saturated rings. The van der Waals surface area contributed by atoms with E-state index in [1.807, 2.05) is 66.7 Å². The summed E-state index contributed by atoms with van der Waals surface area (Å²) < 4.78 is 18.1. The summed E-state index contributed by atoms with van der Waals surface area (Å²) in [5.74, 6) is 0.593. The molecule has 6 heteroatoms. The Bertz CT molecular complexity index is 1390. The molecule has 2 heterocycles. The number of methoxy groups -OCH3 is 2. The number of benzene rings is 3. The van der Waals surface area contributed by atoms with Gasteiger partial charge >= 0.3 is 5.97 Å². The summed E-state index contributed by atoms with van der Waals surface area (Å²) in [5.41, 5.74) is 2.46. The molecule has 6 nitrogen and oxygen atoms in total. The Hall–Kier alpha value is -4.06. The van der Waals surface area contributed by atoms with Gasteiger partial charge in [0.1, 0.15) is 5.75 Å². The zero-order chi connectivity index (χ0) is 22.2. The van der Waals surface area contributed by atoms with Crippen LogP contribution in [-0.4, -0.2) is 24.8 Å². The summed E-state index contributed by atoms with van der Waals surface area (Å²) in [6.45, 7) is 0. The maximum Gasteiger partial charge on any atom is 0.312 e. The van der Waals surface area contributed by atoms with E-state index in [-0.39, 0.29) is 17.9 Å². The fourth-order valence-corrected chi connectivity index (χ4v) is 4.36. The quantitative estimate of drug-likeness (QED) is 0.450. The minimum Gasteiger partial charge on any atom is -0.493 e. The molecular formula is C26H21NO5. The molecule has 0 aliphatic carbocycles. The molecule has 0 radical (unpaired) electrons. The number of hydrogen-bond acceptors (Lipinski definition) is 5. The van der Waals surface area contributed by atoms with Crippen molar-refractivity contribution in [1.82, 2.24) is 4.57 Å². The van der Waals surface area contributed by atoms with Crippen LogP contribution in [0.4, 0.5) is 0 Å². The molecule has 0 N–H and O–H groups in total. The molecular weight excluding hydrogens is 406 g/mol. The van der Waals surface area contributed by atoms with E-state index >= 15 is 0 Å². The average molecular weight is 427 g/mol. The highest BCUT2D eigenvalue weighted by Crippen LogP contribution is 2.42. The first-order valence-corrected chi connectivity index (χ1v) is 10.3. The second-order valence-electron chi connectivity index (χ2n) is 7.58. The number of aromatic nitrogens is 1. The first kappa shape index (κ1) is 19.9. The first-order valence-electron chi connectivity index (χ1n) is 10.3. The summed E-state index contributed by atoms with van der Waals surface area (Å²) in [4.78, 5) is 26.5. The molecule has 1 aliphatic rings. The number of nitrogens with zero attached hydrogens (tertiary/aromatic N) is 1. The lowest BCUT2D eigenvalue weighted by Crippen LogP contribution is -2.32. The molecule has 0 bridgehead atoms. The molecule has 1 aliphatic heterocycles. The van der Waals surface area contributed by atoms with Crippen molar-refractivity contribution >= 4 is 16.9 Å². The molecule has 32 heavy (non-hydrogen) atoms. The first-order chi connectivity index (χ1) is 15.6. The monoisotopic (exact) mass is 427 g/mol. The third kappa shape index (κ3) is 3.12. The van der Waals surface area contributed by atoms with E-state index < -0.39 is 5.92 Å². The smallest absolute Gasteiger partial charge is 0.312 e. The second kappa shape index (κ2) is 7.89. The van der Waals surface area contributed by atoms with Crippen molar-refractivity contribution in [3.05, 3.63) is 94.3 Å². The van der Waals surface area contributed by atoms with Crippen molar-refractivity contribution in [2.24, 2.45) is 0 Å². The highest BCUT2D eigenvalue weighted by Gasteiger charge is 2.34. The topological polar surface area (TPSA) is 66.8 Å². The summed E-state index contributed by atoms with van der Waals surface area (Å²) in [7, 11) is 3.12. The Balaban J connectivity index is 1.83. The Morgan fingerprint density at radius 3 is 2.34 bits per heavy atom. The number of esters is 1. The number of hydrogen-bond donors (Lipinski definition) is 0. The van der Waals surface area contributed by atoms with Crippen LogP contribution in [0, 0.1) is 0 Å². The molecule has 1 unspecified atom stereocenters. The Labute approximate surface area is 184 Å². The number of ether oxygens (including phenoxy) is 3. The Morgan fingerprint density at radius 2 is 1.59 bits per heavy atom. The number of carbonyl (C=O) groups excluding carboxylic acids is 1. The van der Waals surface area contributed by atoms with Gasteiger partial charge in [0, 0.05) is 17.0 Å². The van der Waals surface area contributed by atoms with Gasteiger partial charge in [-0.05, 0) is 42.0 Å². The molecule has 1 atom stereocenters. The normalized spacial score (nSPS) is 15.2. The van der Waals surface area contributed by atoms with Crippen molar-refractivity contribution < 1.29 is 19.0 Å². The summed E-state index contributed by atoms with van der Waals surface area (Å²) in [5, 5.41) is 0.712. The lowest BCUT2D eigenvalue weighted by atomic mass is 9.86. The third-order valence-electron chi connectivity index (χ3n) is 5.83. The van der Waals surface area contributed by atoms with Gasteiger partial charge in [0.2, 0.25) is 0 Å². The van der Waals surface area contributed by atoms with Crippen LogP contribution < -0.4 is 19.8 Å². The van der Waals surface area contributed by atoms with Crippen molar-refractivity contribution in [3.8, 4) is 22.9 Å². The van der Waals surface area contributed by atoms with Gasteiger partial charge in [0.15, 0.2) is 11.5 Å². The van der Waals surface area contributed by atoms with Crippen LogP contribution in [0.1, 0.15) is 23.5 Å². The zero-order valence-corrected chi connectivity index (χ0v) is 17.7. The highest BCUT2D eigenvalue weighted by atomic mass is 16.5.